The number of nitrogens with zero attached hydrogens (tertiary/aromatic N) is 3. The maximum atomic E-state index is 15.1. The Bertz CT molecular complexity index is 1690. The van der Waals surface area contributed by atoms with Gasteiger partial charge in [-0.1, -0.05) is 104 Å². The van der Waals surface area contributed by atoms with Crippen LogP contribution >= 0.6 is 0 Å². The summed E-state index contributed by atoms with van der Waals surface area (Å²) in [5.41, 5.74) is 2.65. The molecule has 0 saturated carbocycles. The highest BCUT2D eigenvalue weighted by atomic mass is 19.1. The van der Waals surface area contributed by atoms with Crippen LogP contribution in [-0.2, 0) is 35.6 Å². The van der Waals surface area contributed by atoms with Crippen molar-refractivity contribution in [3.63, 3.8) is 0 Å². The molecule has 2 amide bonds. The van der Waals surface area contributed by atoms with Gasteiger partial charge in [0.2, 0.25) is 5.91 Å². The number of benzene rings is 4. The van der Waals surface area contributed by atoms with Crippen molar-refractivity contribution >= 4 is 12.0 Å². The standard InChI is InChI=1S/C42H48FN3O5/c1-5-23-50-36-25-34(24-35(43)27-36)26-37(45(29-32-17-11-7-12-18-32)30-33-19-13-8-14-20-33)39(47)38-40(48)44(28-31-15-9-6-10-16-31)21-22-46(38)41(49)51-42(2,3)4/h5-20,24-25,27,37-39,47H,1,21-23,26,28-30H2,2-4H3/t37-,38-,39-/m0/s1. The number of aliphatic hydroxyl groups is 1. The molecular formula is C42H48FN3O5. The number of carbonyl (C=O) groups excluding carboxylic acids is 2. The number of piperazine rings is 1. The molecule has 8 nitrogen and oxygen atoms in total. The van der Waals surface area contributed by atoms with Crippen molar-refractivity contribution in [2.24, 2.45) is 0 Å². The lowest BCUT2D eigenvalue weighted by molar-refractivity contribution is -0.150. The maximum absolute atomic E-state index is 15.1. The van der Waals surface area contributed by atoms with Crippen molar-refractivity contribution in [1.82, 2.24) is 14.7 Å². The minimum Gasteiger partial charge on any atom is -0.489 e. The molecule has 0 spiro atoms. The normalized spacial score (nSPS) is 16.1. The Morgan fingerprint density at radius 1 is 0.902 bits per heavy atom. The fraction of sp³-hybridized carbons (Fsp3) is 0.333. The molecule has 1 aliphatic rings. The zero-order valence-electron chi connectivity index (χ0n) is 29.7. The first-order valence-corrected chi connectivity index (χ1v) is 17.4. The second-order valence-corrected chi connectivity index (χ2v) is 13.9. The lowest BCUT2D eigenvalue weighted by Crippen LogP contribution is -2.66. The third-order valence-corrected chi connectivity index (χ3v) is 8.74. The largest absolute Gasteiger partial charge is 0.489 e. The van der Waals surface area contributed by atoms with Gasteiger partial charge in [-0.05, 0) is 61.6 Å². The van der Waals surface area contributed by atoms with Crippen LogP contribution in [0.5, 0.6) is 5.75 Å². The van der Waals surface area contributed by atoms with Gasteiger partial charge in [0.15, 0.2) is 0 Å². The molecule has 0 unspecified atom stereocenters. The minimum absolute atomic E-state index is 0.146. The smallest absolute Gasteiger partial charge is 0.411 e. The molecule has 0 radical (unpaired) electrons. The van der Waals surface area contributed by atoms with Gasteiger partial charge in [-0.15, -0.1) is 0 Å². The number of carbonyl (C=O) groups is 2. The molecular weight excluding hydrogens is 645 g/mol. The number of hydrogen-bond donors (Lipinski definition) is 1. The summed E-state index contributed by atoms with van der Waals surface area (Å²) >= 11 is 0. The quantitative estimate of drug-likeness (QED) is 0.143. The predicted octanol–water partition coefficient (Wildman–Crippen LogP) is 7.01. The summed E-state index contributed by atoms with van der Waals surface area (Å²) in [6.07, 6.45) is -0.355. The van der Waals surface area contributed by atoms with Crippen LogP contribution in [0.25, 0.3) is 0 Å². The van der Waals surface area contributed by atoms with Crippen LogP contribution in [-0.4, -0.2) is 75.3 Å². The van der Waals surface area contributed by atoms with E-state index in [0.29, 0.717) is 30.9 Å². The first-order chi connectivity index (χ1) is 24.5. The van der Waals surface area contributed by atoms with Crippen molar-refractivity contribution in [3.05, 3.63) is 150 Å². The Kier molecular flexibility index (Phi) is 12.6. The van der Waals surface area contributed by atoms with Gasteiger partial charge in [0.25, 0.3) is 0 Å². The third-order valence-electron chi connectivity index (χ3n) is 8.74. The van der Waals surface area contributed by atoms with Crippen molar-refractivity contribution in [2.45, 2.75) is 70.6 Å². The number of amides is 2. The van der Waals surface area contributed by atoms with Crippen molar-refractivity contribution in [1.29, 1.82) is 0 Å². The van der Waals surface area contributed by atoms with Gasteiger partial charge in [0.05, 0.1) is 6.10 Å². The van der Waals surface area contributed by atoms with Crippen molar-refractivity contribution in [2.75, 3.05) is 19.7 Å². The summed E-state index contributed by atoms with van der Waals surface area (Å²) < 4.78 is 26.6. The average molecular weight is 694 g/mol. The number of rotatable bonds is 14. The molecule has 4 aromatic rings. The summed E-state index contributed by atoms with van der Waals surface area (Å²) in [5.74, 6) is -0.549. The minimum atomic E-state index is -1.41. The van der Waals surface area contributed by atoms with E-state index < -0.39 is 35.7 Å². The molecule has 1 aliphatic heterocycles. The highest BCUT2D eigenvalue weighted by Gasteiger charge is 2.47. The highest BCUT2D eigenvalue weighted by molar-refractivity contribution is 5.87. The lowest BCUT2D eigenvalue weighted by Gasteiger charge is -2.46. The molecule has 1 fully saturated rings. The molecule has 1 heterocycles. The van der Waals surface area contributed by atoms with Gasteiger partial charge in [-0.2, -0.15) is 0 Å². The zero-order chi connectivity index (χ0) is 36.4. The molecule has 51 heavy (non-hydrogen) atoms. The Morgan fingerprint density at radius 2 is 1.47 bits per heavy atom. The molecule has 3 atom stereocenters. The Morgan fingerprint density at radius 3 is 2.02 bits per heavy atom. The summed E-state index contributed by atoms with van der Waals surface area (Å²) in [4.78, 5) is 33.5. The van der Waals surface area contributed by atoms with Gasteiger partial charge in [-0.25, -0.2) is 9.18 Å². The predicted molar refractivity (Wildman–Crippen MR) is 196 cm³/mol. The molecule has 0 aromatic heterocycles. The maximum Gasteiger partial charge on any atom is 0.411 e. The molecule has 4 aromatic carbocycles. The van der Waals surface area contributed by atoms with Crippen LogP contribution in [0.2, 0.25) is 0 Å². The van der Waals surface area contributed by atoms with E-state index in [1.807, 2.05) is 91.0 Å². The number of ether oxygens (including phenoxy) is 2. The average Bonchev–Trinajstić information content (AvgIpc) is 3.10. The molecule has 5 rings (SSSR count). The van der Waals surface area contributed by atoms with E-state index in [0.717, 1.165) is 16.7 Å². The van der Waals surface area contributed by atoms with Gasteiger partial charge in [-0.3, -0.25) is 14.6 Å². The van der Waals surface area contributed by atoms with Crippen molar-refractivity contribution < 1.29 is 28.6 Å². The number of halogens is 1. The Hall–Kier alpha value is -4.99. The fourth-order valence-electron chi connectivity index (χ4n) is 6.44. The van der Waals surface area contributed by atoms with Crippen molar-refractivity contribution in [3.8, 4) is 5.75 Å². The van der Waals surface area contributed by atoms with E-state index >= 15 is 4.39 Å². The van der Waals surface area contributed by atoms with Crippen LogP contribution in [0.1, 0.15) is 43.0 Å². The molecule has 268 valence electrons. The molecule has 0 aliphatic carbocycles. The van der Waals surface area contributed by atoms with Gasteiger partial charge >= 0.3 is 6.09 Å². The van der Waals surface area contributed by atoms with Crippen LogP contribution in [0.3, 0.4) is 0 Å². The molecule has 9 heteroatoms. The van der Waals surface area contributed by atoms with Crippen LogP contribution in [0.15, 0.2) is 122 Å². The fourth-order valence-corrected chi connectivity index (χ4v) is 6.44. The van der Waals surface area contributed by atoms with E-state index in [-0.39, 0.29) is 32.0 Å². The monoisotopic (exact) mass is 693 g/mol. The lowest BCUT2D eigenvalue weighted by atomic mass is 9.91. The Balaban J connectivity index is 1.60. The topological polar surface area (TPSA) is 82.6 Å². The van der Waals surface area contributed by atoms with E-state index in [2.05, 4.69) is 11.5 Å². The molecule has 1 saturated heterocycles. The summed E-state index contributed by atoms with van der Waals surface area (Å²) in [5, 5.41) is 12.7. The number of aliphatic hydroxyl groups excluding tert-OH is 1. The SMILES string of the molecule is C=CCOc1cc(F)cc(C[C@@H]([C@H](O)[C@H]2C(=O)N(Cc3ccccc3)CCN2C(=O)OC(C)(C)C)N(Cc2ccccc2)Cc2ccccc2)c1. The van der Waals surface area contributed by atoms with Crippen LogP contribution in [0.4, 0.5) is 9.18 Å². The van der Waals surface area contributed by atoms with E-state index in [1.165, 1.54) is 17.0 Å². The van der Waals surface area contributed by atoms with E-state index in [9.17, 15) is 14.7 Å². The first kappa shape index (κ1) is 37.3. The van der Waals surface area contributed by atoms with Gasteiger partial charge in [0, 0.05) is 44.8 Å². The van der Waals surface area contributed by atoms with E-state index in [4.69, 9.17) is 9.47 Å². The summed E-state index contributed by atoms with van der Waals surface area (Å²) in [7, 11) is 0. The zero-order valence-corrected chi connectivity index (χ0v) is 29.7. The first-order valence-electron chi connectivity index (χ1n) is 17.4. The van der Waals surface area contributed by atoms with Crippen LogP contribution < -0.4 is 4.74 Å². The van der Waals surface area contributed by atoms with E-state index in [1.54, 1.807) is 37.8 Å². The summed E-state index contributed by atoms with van der Waals surface area (Å²) in [6, 6.07) is 31.8. The second-order valence-electron chi connectivity index (χ2n) is 13.9. The molecule has 0 bridgehead atoms. The van der Waals surface area contributed by atoms with Gasteiger partial charge in [0.1, 0.15) is 29.8 Å². The number of hydrogen-bond acceptors (Lipinski definition) is 6. The van der Waals surface area contributed by atoms with Gasteiger partial charge < -0.3 is 19.5 Å². The Labute approximate surface area is 300 Å². The second kappa shape index (κ2) is 17.3. The summed E-state index contributed by atoms with van der Waals surface area (Å²) in [6.45, 7) is 10.8. The van der Waals surface area contributed by atoms with Crippen LogP contribution in [0, 0.1) is 5.82 Å². The highest BCUT2D eigenvalue weighted by Crippen LogP contribution is 2.29. The molecule has 1 N–H and O–H groups in total. The third kappa shape index (κ3) is 10.5.